The summed E-state index contributed by atoms with van der Waals surface area (Å²) in [5.74, 6) is 4.98. The molecule has 3 nitrogen and oxygen atoms in total. The van der Waals surface area contributed by atoms with Crippen molar-refractivity contribution in [3.8, 4) is 11.8 Å². The number of halogens is 1. The Bertz CT molecular complexity index is 521. The van der Waals surface area contributed by atoms with E-state index in [0.717, 1.165) is 6.54 Å². The average Bonchev–Trinajstić information content (AvgIpc) is 2.43. The third kappa shape index (κ3) is 3.80. The van der Waals surface area contributed by atoms with Gasteiger partial charge in [-0.3, -0.25) is 4.90 Å². The van der Waals surface area contributed by atoms with E-state index in [-0.39, 0.29) is 18.5 Å². The van der Waals surface area contributed by atoms with Crippen molar-refractivity contribution in [1.29, 1.82) is 0 Å². The van der Waals surface area contributed by atoms with Gasteiger partial charge in [-0.15, -0.1) is 0 Å². The number of morpholine rings is 1. The Kier molecular flexibility index (Phi) is 5.13. The molecule has 0 saturated carbocycles. The number of hydrogen-bond acceptors (Lipinski definition) is 3. The minimum atomic E-state index is -0.249. The Labute approximate surface area is 119 Å². The normalized spacial score (nSPS) is 23.2. The molecule has 1 saturated heterocycles. The first kappa shape index (κ1) is 15.0. The summed E-state index contributed by atoms with van der Waals surface area (Å²) in [6.07, 6.45) is 0.184. The van der Waals surface area contributed by atoms with E-state index in [2.05, 4.69) is 23.7 Å². The summed E-state index contributed by atoms with van der Waals surface area (Å²) in [5.41, 5.74) is 1.25. The van der Waals surface area contributed by atoms with Gasteiger partial charge in [0, 0.05) is 30.3 Å². The third-order valence-electron chi connectivity index (χ3n) is 3.48. The van der Waals surface area contributed by atoms with Crippen molar-refractivity contribution in [3.63, 3.8) is 0 Å². The van der Waals surface area contributed by atoms with Crippen LogP contribution in [0.5, 0.6) is 0 Å². The fourth-order valence-electron chi connectivity index (χ4n) is 2.31. The Balaban J connectivity index is 2.09. The van der Waals surface area contributed by atoms with Gasteiger partial charge in [0.05, 0.1) is 12.7 Å². The number of hydrogen-bond donors (Lipinski definition) is 1. The highest BCUT2D eigenvalue weighted by molar-refractivity contribution is 5.37. The van der Waals surface area contributed by atoms with E-state index in [1.54, 1.807) is 12.1 Å². The van der Waals surface area contributed by atoms with Crippen LogP contribution in [0.4, 0.5) is 4.39 Å². The second kappa shape index (κ2) is 6.85. The topological polar surface area (TPSA) is 32.7 Å². The van der Waals surface area contributed by atoms with Crippen LogP contribution in [0.25, 0.3) is 0 Å². The van der Waals surface area contributed by atoms with Crippen molar-refractivity contribution in [2.45, 2.75) is 32.5 Å². The molecule has 1 aliphatic heterocycles. The van der Waals surface area contributed by atoms with Crippen molar-refractivity contribution in [1.82, 2.24) is 4.90 Å². The van der Waals surface area contributed by atoms with Gasteiger partial charge < -0.3 is 9.84 Å². The van der Waals surface area contributed by atoms with Crippen molar-refractivity contribution in [2.24, 2.45) is 0 Å². The lowest BCUT2D eigenvalue weighted by molar-refractivity contribution is -0.0529. The van der Waals surface area contributed by atoms with Gasteiger partial charge in [0.25, 0.3) is 0 Å². The van der Waals surface area contributed by atoms with Gasteiger partial charge in [0.1, 0.15) is 12.4 Å². The van der Waals surface area contributed by atoms with Crippen LogP contribution in [0, 0.1) is 17.7 Å². The molecule has 2 atom stereocenters. The minimum absolute atomic E-state index is 0.184. The average molecular weight is 277 g/mol. The lowest BCUT2D eigenvalue weighted by atomic mass is 10.1. The number of aliphatic hydroxyl groups is 1. The van der Waals surface area contributed by atoms with Gasteiger partial charge in [-0.2, -0.15) is 0 Å². The fraction of sp³-hybridized carbons (Fsp3) is 0.500. The zero-order chi connectivity index (χ0) is 14.5. The Morgan fingerprint density at radius 2 is 2.25 bits per heavy atom. The van der Waals surface area contributed by atoms with Gasteiger partial charge in [-0.25, -0.2) is 4.39 Å². The molecule has 1 heterocycles. The van der Waals surface area contributed by atoms with Gasteiger partial charge in [0.15, 0.2) is 0 Å². The van der Waals surface area contributed by atoms with E-state index in [1.165, 1.54) is 6.07 Å². The monoisotopic (exact) mass is 277 g/mol. The van der Waals surface area contributed by atoms with E-state index in [0.29, 0.717) is 30.3 Å². The maximum atomic E-state index is 14.1. The molecule has 1 aromatic rings. The van der Waals surface area contributed by atoms with Crippen LogP contribution >= 0.6 is 0 Å². The molecule has 0 amide bonds. The Morgan fingerprint density at radius 1 is 1.45 bits per heavy atom. The standard InChI is InChI=1S/C16H20FNO2/c1-12-11-20-13(2)9-18(12)10-15-6-5-14(4-3-7-19)8-16(15)17/h5-6,8,12-13,19H,7,9-11H2,1-2H3. The third-order valence-corrected chi connectivity index (χ3v) is 3.48. The molecule has 2 rings (SSSR count). The first-order chi connectivity index (χ1) is 9.60. The second-order valence-corrected chi connectivity index (χ2v) is 5.19. The molecule has 1 aromatic carbocycles. The van der Waals surface area contributed by atoms with E-state index >= 15 is 0 Å². The first-order valence-corrected chi connectivity index (χ1v) is 6.84. The number of aliphatic hydroxyl groups excluding tert-OH is 1. The molecule has 0 aromatic heterocycles. The summed E-state index contributed by atoms with van der Waals surface area (Å²) in [5, 5.41) is 8.64. The zero-order valence-electron chi connectivity index (χ0n) is 11.9. The minimum Gasteiger partial charge on any atom is -0.384 e. The molecule has 0 spiro atoms. The summed E-state index contributed by atoms with van der Waals surface area (Å²) >= 11 is 0. The quantitative estimate of drug-likeness (QED) is 0.836. The van der Waals surface area contributed by atoms with Crippen molar-refractivity contribution >= 4 is 0 Å². The number of nitrogens with zero attached hydrogens (tertiary/aromatic N) is 1. The van der Waals surface area contributed by atoms with Crippen molar-refractivity contribution < 1.29 is 14.2 Å². The summed E-state index contributed by atoms with van der Waals surface area (Å²) in [4.78, 5) is 2.23. The van der Waals surface area contributed by atoms with Gasteiger partial charge in [0.2, 0.25) is 0 Å². The van der Waals surface area contributed by atoms with Gasteiger partial charge in [-0.1, -0.05) is 17.9 Å². The molecule has 0 bridgehead atoms. The fourth-order valence-corrected chi connectivity index (χ4v) is 2.31. The van der Waals surface area contributed by atoms with E-state index in [9.17, 15) is 4.39 Å². The molecule has 0 radical (unpaired) electrons. The largest absolute Gasteiger partial charge is 0.384 e. The Morgan fingerprint density at radius 3 is 2.95 bits per heavy atom. The molecule has 0 aliphatic carbocycles. The summed E-state index contributed by atoms with van der Waals surface area (Å²) < 4.78 is 19.6. The zero-order valence-corrected chi connectivity index (χ0v) is 11.9. The smallest absolute Gasteiger partial charge is 0.128 e. The van der Waals surface area contributed by atoms with Crippen LogP contribution in [-0.2, 0) is 11.3 Å². The van der Waals surface area contributed by atoms with E-state index in [1.807, 2.05) is 6.92 Å². The van der Waals surface area contributed by atoms with Crippen LogP contribution in [-0.4, -0.2) is 41.9 Å². The van der Waals surface area contributed by atoms with Gasteiger partial charge >= 0.3 is 0 Å². The molecule has 1 aliphatic rings. The maximum absolute atomic E-state index is 14.1. The van der Waals surface area contributed by atoms with Gasteiger partial charge in [-0.05, 0) is 26.0 Å². The number of rotatable bonds is 2. The molecule has 20 heavy (non-hydrogen) atoms. The van der Waals surface area contributed by atoms with Crippen LogP contribution < -0.4 is 0 Å². The van der Waals surface area contributed by atoms with Crippen LogP contribution in [0.2, 0.25) is 0 Å². The van der Waals surface area contributed by atoms with E-state index < -0.39 is 0 Å². The molecule has 1 fully saturated rings. The highest BCUT2D eigenvalue weighted by Gasteiger charge is 2.24. The van der Waals surface area contributed by atoms with E-state index in [4.69, 9.17) is 9.84 Å². The predicted molar refractivity (Wildman–Crippen MR) is 75.6 cm³/mol. The maximum Gasteiger partial charge on any atom is 0.128 e. The number of benzene rings is 1. The molecule has 108 valence electrons. The molecule has 2 unspecified atom stereocenters. The Hall–Kier alpha value is -1.41. The summed E-state index contributed by atoms with van der Waals surface area (Å²) in [6.45, 7) is 5.98. The highest BCUT2D eigenvalue weighted by Crippen LogP contribution is 2.18. The van der Waals surface area contributed by atoms with Crippen LogP contribution in [0.1, 0.15) is 25.0 Å². The SMILES string of the molecule is CC1CN(Cc2ccc(C#CCO)cc2F)C(C)CO1. The molecule has 1 N–H and O–H groups in total. The highest BCUT2D eigenvalue weighted by atomic mass is 19.1. The summed E-state index contributed by atoms with van der Waals surface area (Å²) in [7, 11) is 0. The molecule has 4 heteroatoms. The van der Waals surface area contributed by atoms with Crippen LogP contribution in [0.3, 0.4) is 0 Å². The lowest BCUT2D eigenvalue weighted by Crippen LogP contribution is -2.46. The van der Waals surface area contributed by atoms with Crippen molar-refractivity contribution in [3.05, 3.63) is 35.1 Å². The second-order valence-electron chi connectivity index (χ2n) is 5.19. The molecular weight excluding hydrogens is 257 g/mol. The predicted octanol–water partition coefficient (Wildman–Crippen LogP) is 1.78. The first-order valence-electron chi connectivity index (χ1n) is 6.84. The summed E-state index contributed by atoms with van der Waals surface area (Å²) in [6, 6.07) is 5.27. The number of ether oxygens (including phenoxy) is 1. The lowest BCUT2D eigenvalue weighted by Gasteiger charge is -2.36. The molecular formula is C16H20FNO2. The van der Waals surface area contributed by atoms with Crippen molar-refractivity contribution in [2.75, 3.05) is 19.8 Å². The van der Waals surface area contributed by atoms with Crippen LogP contribution in [0.15, 0.2) is 18.2 Å².